The number of imide groups is 1. The van der Waals surface area contributed by atoms with Gasteiger partial charge in [-0.3, -0.25) is 19.3 Å². The lowest BCUT2D eigenvalue weighted by Gasteiger charge is -2.14. The average Bonchev–Trinajstić information content (AvgIpc) is 3.19. The van der Waals surface area contributed by atoms with Crippen LogP contribution in [-0.2, 0) is 16.2 Å². The third-order valence-electron chi connectivity index (χ3n) is 5.67. The van der Waals surface area contributed by atoms with Crippen LogP contribution in [0.3, 0.4) is 0 Å². The van der Waals surface area contributed by atoms with Crippen molar-refractivity contribution in [2.75, 3.05) is 26.1 Å². The van der Waals surface area contributed by atoms with Crippen LogP contribution in [0.2, 0.25) is 10.0 Å². The molecule has 0 aliphatic carbocycles. The van der Waals surface area contributed by atoms with Gasteiger partial charge in [-0.1, -0.05) is 41.4 Å². The van der Waals surface area contributed by atoms with Crippen LogP contribution in [0.1, 0.15) is 16.7 Å². The summed E-state index contributed by atoms with van der Waals surface area (Å²) in [5.41, 5.74) is 2.03. The molecule has 0 atom stereocenters. The number of nitrogens with one attached hydrogen (secondary N) is 1. The molecule has 12 heteroatoms. The molecule has 0 radical (unpaired) electrons. The van der Waals surface area contributed by atoms with E-state index in [1.54, 1.807) is 48.5 Å². The molecule has 1 aliphatic rings. The molecule has 40 heavy (non-hydrogen) atoms. The molecule has 9 nitrogen and oxygen atoms in total. The maximum absolute atomic E-state index is 13.0. The van der Waals surface area contributed by atoms with Crippen LogP contribution in [-0.4, -0.2) is 42.7 Å². The molecule has 0 unspecified atom stereocenters. The minimum atomic E-state index is -0.624. The summed E-state index contributed by atoms with van der Waals surface area (Å²) in [7, 11) is 2.91. The molecule has 0 bridgehead atoms. The second-order valence-corrected chi connectivity index (χ2v) is 10.1. The number of nitrogens with zero attached hydrogens (tertiary/aromatic N) is 2. The van der Waals surface area contributed by atoms with Crippen molar-refractivity contribution >= 4 is 63.8 Å². The van der Waals surface area contributed by atoms with Crippen molar-refractivity contribution in [3.63, 3.8) is 0 Å². The lowest BCUT2D eigenvalue weighted by Crippen LogP contribution is -2.36. The lowest BCUT2D eigenvalue weighted by molar-refractivity contribution is -0.127. The normalized spacial score (nSPS) is 13.8. The Morgan fingerprint density at radius 1 is 1.05 bits per heavy atom. The van der Waals surface area contributed by atoms with Gasteiger partial charge in [0.15, 0.2) is 11.5 Å². The Balaban J connectivity index is 1.47. The standard InChI is InChI=1S/C28H21Cl2N3O6S/c1-37-22-8-7-19(12-20(22)29)32-25(34)14-33-27(35)24(40-28(33)36)11-16-9-21(30)26(23(10-16)38-2)39-15-18-6-4-3-5-17(18)13-31/h3-12H,14-15H2,1-2H3,(H,32,34)/b24-11-. The topological polar surface area (TPSA) is 118 Å². The zero-order valence-electron chi connectivity index (χ0n) is 21.2. The minimum absolute atomic E-state index is 0.0862. The predicted molar refractivity (Wildman–Crippen MR) is 153 cm³/mol. The highest BCUT2D eigenvalue weighted by Gasteiger charge is 2.36. The number of nitriles is 1. The Morgan fingerprint density at radius 3 is 2.50 bits per heavy atom. The van der Waals surface area contributed by atoms with Gasteiger partial charge in [-0.05, 0) is 59.8 Å². The fourth-order valence-corrected chi connectivity index (χ4v) is 5.11. The SMILES string of the molecule is COc1ccc(NC(=O)CN2C(=O)S/C(=C\c3cc(Cl)c(OCc4ccccc4C#N)c(OC)c3)C2=O)cc1Cl. The maximum Gasteiger partial charge on any atom is 0.294 e. The number of halogens is 2. The van der Waals surface area contributed by atoms with E-state index in [1.807, 2.05) is 0 Å². The Bertz CT molecular complexity index is 1570. The molecule has 1 fully saturated rings. The van der Waals surface area contributed by atoms with Crippen molar-refractivity contribution < 1.29 is 28.6 Å². The van der Waals surface area contributed by atoms with Gasteiger partial charge in [0.1, 0.15) is 18.9 Å². The van der Waals surface area contributed by atoms with Gasteiger partial charge in [0.05, 0.1) is 40.8 Å². The van der Waals surface area contributed by atoms with E-state index in [0.29, 0.717) is 50.7 Å². The molecule has 0 aromatic heterocycles. The van der Waals surface area contributed by atoms with E-state index in [-0.39, 0.29) is 22.3 Å². The number of rotatable bonds is 9. The molecule has 4 rings (SSSR count). The summed E-state index contributed by atoms with van der Waals surface area (Å²) < 4.78 is 16.4. The maximum atomic E-state index is 13.0. The fraction of sp³-hybridized carbons (Fsp3) is 0.143. The first-order valence-electron chi connectivity index (χ1n) is 11.6. The van der Waals surface area contributed by atoms with Crippen LogP contribution in [0, 0.1) is 11.3 Å². The summed E-state index contributed by atoms with van der Waals surface area (Å²) in [4.78, 5) is 39.0. The second-order valence-electron chi connectivity index (χ2n) is 8.26. The minimum Gasteiger partial charge on any atom is -0.495 e. The highest BCUT2D eigenvalue weighted by atomic mass is 35.5. The monoisotopic (exact) mass is 597 g/mol. The van der Waals surface area contributed by atoms with Crippen LogP contribution in [0.4, 0.5) is 10.5 Å². The van der Waals surface area contributed by atoms with Crippen molar-refractivity contribution in [2.24, 2.45) is 0 Å². The number of carbonyl (C=O) groups is 3. The van der Waals surface area contributed by atoms with Crippen LogP contribution in [0.5, 0.6) is 17.2 Å². The van der Waals surface area contributed by atoms with Crippen molar-refractivity contribution in [1.29, 1.82) is 5.26 Å². The molecule has 1 heterocycles. The van der Waals surface area contributed by atoms with Crippen molar-refractivity contribution in [2.45, 2.75) is 6.61 Å². The van der Waals surface area contributed by atoms with Crippen LogP contribution in [0.25, 0.3) is 6.08 Å². The van der Waals surface area contributed by atoms with Gasteiger partial charge in [-0.15, -0.1) is 0 Å². The Kier molecular flexibility index (Phi) is 9.22. The molecular weight excluding hydrogens is 577 g/mol. The van der Waals surface area contributed by atoms with Crippen LogP contribution in [0.15, 0.2) is 59.5 Å². The van der Waals surface area contributed by atoms with Gasteiger partial charge in [0.2, 0.25) is 5.91 Å². The smallest absolute Gasteiger partial charge is 0.294 e. The first-order chi connectivity index (χ1) is 19.2. The van der Waals surface area contributed by atoms with E-state index in [2.05, 4.69) is 11.4 Å². The summed E-state index contributed by atoms with van der Waals surface area (Å²) in [5.74, 6) is -0.200. The Labute approximate surface area is 244 Å². The molecule has 0 saturated carbocycles. The average molecular weight is 598 g/mol. The molecule has 3 aromatic rings. The Morgan fingerprint density at radius 2 is 1.80 bits per heavy atom. The predicted octanol–water partition coefficient (Wildman–Crippen LogP) is 6.14. The number of benzene rings is 3. The second kappa shape index (κ2) is 12.8. The number of hydrogen-bond acceptors (Lipinski definition) is 8. The van der Waals surface area contributed by atoms with Gasteiger partial charge in [-0.2, -0.15) is 5.26 Å². The number of methoxy groups -OCH3 is 2. The largest absolute Gasteiger partial charge is 0.495 e. The third-order valence-corrected chi connectivity index (χ3v) is 7.15. The summed E-state index contributed by atoms with van der Waals surface area (Å²) >= 11 is 13.3. The van der Waals surface area contributed by atoms with E-state index in [0.717, 1.165) is 4.90 Å². The third kappa shape index (κ3) is 6.51. The summed E-state index contributed by atoms with van der Waals surface area (Å²) in [6.07, 6.45) is 1.48. The molecule has 204 valence electrons. The van der Waals surface area contributed by atoms with Gasteiger partial charge < -0.3 is 19.5 Å². The number of carbonyl (C=O) groups excluding carboxylic acids is 3. The zero-order valence-corrected chi connectivity index (χ0v) is 23.5. The summed E-state index contributed by atoms with van der Waals surface area (Å²) in [5, 5.41) is 11.8. The molecular formula is C28H21Cl2N3O6S. The molecule has 0 spiro atoms. The quantitative estimate of drug-likeness (QED) is 0.292. The number of amides is 3. The summed E-state index contributed by atoms with van der Waals surface area (Å²) in [6, 6.07) is 17.0. The van der Waals surface area contributed by atoms with E-state index in [1.165, 1.54) is 26.4 Å². The number of anilines is 1. The van der Waals surface area contributed by atoms with E-state index < -0.39 is 23.6 Å². The molecule has 3 aromatic carbocycles. The molecule has 1 N–H and O–H groups in total. The lowest BCUT2D eigenvalue weighted by atomic mass is 10.1. The van der Waals surface area contributed by atoms with E-state index >= 15 is 0 Å². The zero-order chi connectivity index (χ0) is 28.8. The first kappa shape index (κ1) is 28.8. The summed E-state index contributed by atoms with van der Waals surface area (Å²) in [6.45, 7) is -0.393. The van der Waals surface area contributed by atoms with Crippen molar-refractivity contribution in [3.8, 4) is 23.3 Å². The Hall–Kier alpha value is -4.17. The molecule has 1 saturated heterocycles. The fourth-order valence-electron chi connectivity index (χ4n) is 3.74. The van der Waals surface area contributed by atoms with Crippen LogP contribution >= 0.6 is 35.0 Å². The van der Waals surface area contributed by atoms with Crippen molar-refractivity contribution in [3.05, 3.63) is 86.2 Å². The highest BCUT2D eigenvalue weighted by Crippen LogP contribution is 2.39. The van der Waals surface area contributed by atoms with E-state index in [4.69, 9.17) is 37.4 Å². The number of thioether (sulfide) groups is 1. The number of hydrogen-bond donors (Lipinski definition) is 1. The first-order valence-corrected chi connectivity index (χ1v) is 13.2. The van der Waals surface area contributed by atoms with Crippen molar-refractivity contribution in [1.82, 2.24) is 4.90 Å². The van der Waals surface area contributed by atoms with Gasteiger partial charge >= 0.3 is 0 Å². The van der Waals surface area contributed by atoms with Crippen LogP contribution < -0.4 is 19.5 Å². The number of ether oxygens (including phenoxy) is 3. The molecule has 3 amide bonds. The van der Waals surface area contributed by atoms with Gasteiger partial charge in [0.25, 0.3) is 11.1 Å². The molecule has 1 aliphatic heterocycles. The highest BCUT2D eigenvalue weighted by molar-refractivity contribution is 8.18. The van der Waals surface area contributed by atoms with Gasteiger partial charge in [-0.25, -0.2) is 0 Å². The van der Waals surface area contributed by atoms with Gasteiger partial charge in [0, 0.05) is 11.3 Å². The van der Waals surface area contributed by atoms with E-state index in [9.17, 15) is 19.6 Å².